The number of nitrogens with zero attached hydrogens (tertiary/aromatic N) is 6. The first kappa shape index (κ1) is 32.9. The topological polar surface area (TPSA) is 296 Å². The summed E-state index contributed by atoms with van der Waals surface area (Å²) < 4.78 is 78.5. The second kappa shape index (κ2) is 12.2. The van der Waals surface area contributed by atoms with Crippen molar-refractivity contribution in [2.24, 2.45) is 0 Å². The van der Waals surface area contributed by atoms with Gasteiger partial charge < -0.3 is 41.0 Å². The molecule has 3 aromatic heterocycles. The van der Waals surface area contributed by atoms with Gasteiger partial charge in [-0.1, -0.05) is 0 Å². The predicted octanol–water partition coefficient (Wildman–Crippen LogP) is -1.27. The van der Waals surface area contributed by atoms with Gasteiger partial charge in [-0.15, -0.1) is 0 Å². The second-order valence-electron chi connectivity index (χ2n) is 10.1. The number of aromatic nitrogens is 6. The van der Waals surface area contributed by atoms with Gasteiger partial charge in [0.15, 0.2) is 47.6 Å². The highest BCUT2D eigenvalue weighted by atomic mass is 32.5. The first-order chi connectivity index (χ1) is 21.7. The number of nitrogens with one attached hydrogen (secondary N) is 2. The van der Waals surface area contributed by atoms with Gasteiger partial charge in [0.05, 0.1) is 19.5 Å². The Morgan fingerprint density at radius 2 is 1.83 bits per heavy atom. The van der Waals surface area contributed by atoms with Crippen molar-refractivity contribution in [3.63, 3.8) is 0 Å². The maximum absolute atomic E-state index is 16.0. The predicted molar refractivity (Wildman–Crippen MR) is 155 cm³/mol. The van der Waals surface area contributed by atoms with E-state index in [-0.39, 0.29) is 34.4 Å². The van der Waals surface area contributed by atoms with Crippen LogP contribution in [0.25, 0.3) is 11.2 Å². The van der Waals surface area contributed by atoms with Crippen molar-refractivity contribution in [1.29, 1.82) is 0 Å². The molecule has 10 atom stereocenters. The number of fused-ring (bicyclic) bond motifs is 4. The van der Waals surface area contributed by atoms with Crippen LogP contribution >= 0.6 is 14.5 Å². The Morgan fingerprint density at radius 1 is 1.09 bits per heavy atom. The number of anilines is 4. The summed E-state index contributed by atoms with van der Waals surface area (Å²) >= 11 is 5.13. The van der Waals surface area contributed by atoms with E-state index in [0.29, 0.717) is 0 Å². The molecule has 0 amide bonds. The van der Waals surface area contributed by atoms with E-state index in [4.69, 9.17) is 56.6 Å². The fourth-order valence-electron chi connectivity index (χ4n) is 5.11. The van der Waals surface area contributed by atoms with Crippen molar-refractivity contribution in [1.82, 2.24) is 34.9 Å². The van der Waals surface area contributed by atoms with Crippen LogP contribution in [0.4, 0.5) is 32.1 Å². The highest BCUT2D eigenvalue weighted by Crippen LogP contribution is 2.54. The van der Waals surface area contributed by atoms with Crippen LogP contribution in [-0.2, 0) is 43.9 Å². The van der Waals surface area contributed by atoms with Gasteiger partial charge in [-0.05, 0) is 11.8 Å². The summed E-state index contributed by atoms with van der Waals surface area (Å²) in [5.74, 6) is -0.514. The van der Waals surface area contributed by atoms with Crippen LogP contribution in [0.5, 0.6) is 0 Å². The summed E-state index contributed by atoms with van der Waals surface area (Å²) in [7, 11) is -3.80. The molecule has 0 spiro atoms. The van der Waals surface area contributed by atoms with Gasteiger partial charge in [0.1, 0.15) is 36.4 Å². The lowest BCUT2D eigenvalue weighted by atomic mass is 10.1. The number of hydrogen-bond acceptors (Lipinski definition) is 18. The standard InChI is InChI=1S/C20H27F2N11O10P2S/c1-26-33(15-10(23)14(24)27-4-28-15)18-9(22)12-7(41-18)3-39-45(37,46)43-13-8(21)6(2-38-44(35,36)42-12)40-19(13)32-5-29-11-16(32)30-20(25)31-17(11)34/h4-9,12-13,18-19,26H,2-3,23H2,1H3,(H,35,36)(H,37,46)(H2,24,27,28)(H3,25,30,31,34)/t6-,7-,8-,9+,12-,13-,18-,19-,45?/m1/s1. The van der Waals surface area contributed by atoms with E-state index in [1.165, 1.54) is 7.05 Å². The number of nitrogens with two attached hydrogens (primary N) is 3. The molecule has 46 heavy (non-hydrogen) atoms. The third-order valence-corrected chi connectivity index (χ3v) is 9.73. The van der Waals surface area contributed by atoms with Crippen LogP contribution in [0.3, 0.4) is 0 Å². The van der Waals surface area contributed by atoms with E-state index < -0.39 is 82.5 Å². The number of aromatic amines is 1. The molecule has 0 aromatic carbocycles. The van der Waals surface area contributed by atoms with Crippen LogP contribution in [0, 0.1) is 0 Å². The molecule has 0 radical (unpaired) electrons. The summed E-state index contributed by atoms with van der Waals surface area (Å²) in [5, 5.41) is 1.03. The normalized spacial score (nSPS) is 36.9. The number of phosphoric acid groups is 1. The smallest absolute Gasteiger partial charge is 0.393 e. The molecule has 3 aromatic rings. The zero-order valence-electron chi connectivity index (χ0n) is 23.3. The third-order valence-electron chi connectivity index (χ3n) is 7.19. The van der Waals surface area contributed by atoms with Crippen LogP contribution in [0.1, 0.15) is 6.23 Å². The number of hydrazine groups is 1. The number of alkyl halides is 2. The number of hydrogen-bond donors (Lipinski definition) is 7. The molecule has 6 rings (SSSR count). The molecule has 3 aliphatic heterocycles. The van der Waals surface area contributed by atoms with E-state index in [0.717, 1.165) is 22.2 Å². The first-order valence-electron chi connectivity index (χ1n) is 13.1. The van der Waals surface area contributed by atoms with Crippen molar-refractivity contribution in [2.75, 3.05) is 42.5 Å². The SMILES string of the molecule is CNN(c1ncnc(N)c1N)[C@@H]1O[C@@H]2COP(O)(=S)O[C@@H]3[C@H](F)[C@@H](COP(=O)(O)O[C@H]2[C@@H]1F)O[C@H]3n1cnc2c(=O)[nH]c(N)nc21. The number of rotatable bonds is 4. The van der Waals surface area contributed by atoms with Crippen LogP contribution in [-0.4, -0.2) is 103 Å². The molecular formula is C20H27F2N11O10P2S. The summed E-state index contributed by atoms with van der Waals surface area (Å²) in [5.41, 5.74) is 18.9. The average Bonchev–Trinajstić information content (AvgIpc) is 3.63. The minimum atomic E-state index is -5.18. The first-order valence-corrected chi connectivity index (χ1v) is 17.2. The zero-order chi connectivity index (χ0) is 33.1. The van der Waals surface area contributed by atoms with E-state index >= 15 is 8.78 Å². The Morgan fingerprint density at radius 3 is 2.57 bits per heavy atom. The van der Waals surface area contributed by atoms with E-state index in [9.17, 15) is 19.1 Å². The molecule has 26 heteroatoms. The zero-order valence-corrected chi connectivity index (χ0v) is 25.9. The summed E-state index contributed by atoms with van der Waals surface area (Å²) in [6, 6.07) is 0. The van der Waals surface area contributed by atoms with Crippen LogP contribution in [0.2, 0.25) is 0 Å². The number of imidazole rings is 1. The molecule has 10 N–H and O–H groups in total. The second-order valence-corrected chi connectivity index (χ2v) is 14.2. The van der Waals surface area contributed by atoms with Crippen LogP contribution < -0.4 is 33.2 Å². The van der Waals surface area contributed by atoms with Gasteiger partial charge in [-0.2, -0.15) is 4.98 Å². The Labute approximate surface area is 261 Å². The monoisotopic (exact) mass is 713 g/mol. The van der Waals surface area contributed by atoms with Gasteiger partial charge in [0.2, 0.25) is 5.95 Å². The Kier molecular flexibility index (Phi) is 8.75. The van der Waals surface area contributed by atoms with E-state index in [1.54, 1.807) is 0 Å². The summed E-state index contributed by atoms with van der Waals surface area (Å²) in [4.78, 5) is 51.8. The molecule has 3 fully saturated rings. The van der Waals surface area contributed by atoms with Crippen molar-refractivity contribution < 1.29 is 50.7 Å². The lowest BCUT2D eigenvalue weighted by molar-refractivity contribution is -0.0592. The lowest BCUT2D eigenvalue weighted by Crippen LogP contribution is -2.49. The molecule has 6 heterocycles. The van der Waals surface area contributed by atoms with Gasteiger partial charge >= 0.3 is 14.5 Å². The molecule has 3 aliphatic rings. The summed E-state index contributed by atoms with van der Waals surface area (Å²) in [6.07, 6.45) is -12.3. The number of phosphoric ester groups is 1. The largest absolute Gasteiger partial charge is 0.472 e. The molecule has 21 nitrogen and oxygen atoms in total. The summed E-state index contributed by atoms with van der Waals surface area (Å²) in [6.45, 7) is -6.14. The number of H-pyrrole nitrogens is 1. The molecule has 2 unspecified atom stereocenters. The van der Waals surface area contributed by atoms with Crippen molar-refractivity contribution in [3.05, 3.63) is 23.0 Å². The Bertz CT molecular complexity index is 1790. The highest BCUT2D eigenvalue weighted by molar-refractivity contribution is 8.07. The minimum Gasteiger partial charge on any atom is -0.393 e. The average molecular weight is 714 g/mol. The van der Waals surface area contributed by atoms with Gasteiger partial charge in [0.25, 0.3) is 5.56 Å². The molecule has 252 valence electrons. The molecular weight excluding hydrogens is 686 g/mol. The maximum Gasteiger partial charge on any atom is 0.472 e. The van der Waals surface area contributed by atoms with E-state index in [2.05, 4.69) is 30.3 Å². The highest BCUT2D eigenvalue weighted by Gasteiger charge is 2.55. The molecule has 2 bridgehead atoms. The number of halogens is 2. The van der Waals surface area contributed by atoms with Gasteiger partial charge in [-0.3, -0.25) is 32.9 Å². The van der Waals surface area contributed by atoms with Gasteiger partial charge in [0, 0.05) is 7.05 Å². The van der Waals surface area contributed by atoms with Crippen molar-refractivity contribution in [2.45, 2.75) is 49.2 Å². The molecule has 0 aliphatic carbocycles. The van der Waals surface area contributed by atoms with E-state index in [1.807, 2.05) is 0 Å². The maximum atomic E-state index is 16.0. The molecule has 3 saturated heterocycles. The fraction of sp³-hybridized carbons (Fsp3) is 0.550. The third kappa shape index (κ3) is 6.07. The van der Waals surface area contributed by atoms with Crippen molar-refractivity contribution >= 4 is 60.8 Å². The Balaban J connectivity index is 1.31. The quantitative estimate of drug-likeness (QED) is 0.122. The fourth-order valence-corrected chi connectivity index (χ4v) is 7.47. The van der Waals surface area contributed by atoms with Crippen LogP contribution in [0.15, 0.2) is 17.4 Å². The molecule has 0 saturated carbocycles. The lowest BCUT2D eigenvalue weighted by Gasteiger charge is -2.30. The van der Waals surface area contributed by atoms with Gasteiger partial charge in [-0.25, -0.2) is 33.7 Å². The van der Waals surface area contributed by atoms with Crippen molar-refractivity contribution in [3.8, 4) is 0 Å². The number of ether oxygens (including phenoxy) is 2. The Hall–Kier alpha value is -2.99. The minimum absolute atomic E-state index is 0.101. The number of nitrogen functional groups attached to an aromatic ring is 3.